The number of rotatable bonds is 3. The summed E-state index contributed by atoms with van der Waals surface area (Å²) in [6.45, 7) is 0. The molecule has 2 aromatic rings. The molecule has 2 rings (SSSR count). The highest BCUT2D eigenvalue weighted by molar-refractivity contribution is 5.60. The summed E-state index contributed by atoms with van der Waals surface area (Å²) in [5, 5.41) is 2.84. The van der Waals surface area contributed by atoms with Crippen LogP contribution in [0.5, 0.6) is 5.75 Å². The van der Waals surface area contributed by atoms with E-state index in [1.54, 1.807) is 30.3 Å². The van der Waals surface area contributed by atoms with Crippen molar-refractivity contribution in [2.24, 2.45) is 0 Å². The smallest absolute Gasteiger partial charge is 0.146 e. The molecule has 0 bridgehead atoms. The topological polar surface area (TPSA) is 60.2 Å². The van der Waals surface area contributed by atoms with Crippen molar-refractivity contribution in [1.29, 1.82) is 0 Å². The van der Waals surface area contributed by atoms with E-state index in [2.05, 4.69) is 10.3 Å². The number of hydrogen-bond donors (Lipinski definition) is 2. The van der Waals surface area contributed by atoms with E-state index in [1.165, 1.54) is 13.2 Å². The molecular formula is C12H12FN3O. The maximum Gasteiger partial charge on any atom is 0.146 e. The first kappa shape index (κ1) is 11.2. The average molecular weight is 233 g/mol. The number of nitrogen functional groups attached to an aromatic ring is 1. The lowest BCUT2D eigenvalue weighted by atomic mass is 10.3. The van der Waals surface area contributed by atoms with Crippen LogP contribution in [-0.4, -0.2) is 12.1 Å². The normalized spacial score (nSPS) is 10.0. The van der Waals surface area contributed by atoms with E-state index in [9.17, 15) is 4.39 Å². The van der Waals surface area contributed by atoms with Crippen molar-refractivity contribution in [2.45, 2.75) is 0 Å². The van der Waals surface area contributed by atoms with Gasteiger partial charge in [-0.1, -0.05) is 6.07 Å². The van der Waals surface area contributed by atoms with Crippen molar-refractivity contribution in [3.63, 3.8) is 0 Å². The second-order valence-electron chi connectivity index (χ2n) is 3.42. The van der Waals surface area contributed by atoms with Gasteiger partial charge in [-0.15, -0.1) is 0 Å². The number of methoxy groups -OCH3 is 1. The molecule has 4 nitrogen and oxygen atoms in total. The summed E-state index contributed by atoms with van der Waals surface area (Å²) in [5.74, 6) is 1.04. The number of hydrogen-bond acceptors (Lipinski definition) is 4. The van der Waals surface area contributed by atoms with E-state index in [0.29, 0.717) is 23.1 Å². The Bertz CT molecular complexity index is 531. The van der Waals surface area contributed by atoms with Crippen molar-refractivity contribution in [2.75, 3.05) is 18.2 Å². The van der Waals surface area contributed by atoms with Crippen LogP contribution in [0.15, 0.2) is 36.4 Å². The lowest BCUT2D eigenvalue weighted by Crippen LogP contribution is -1.99. The monoisotopic (exact) mass is 233 g/mol. The number of anilines is 3. The summed E-state index contributed by atoms with van der Waals surface area (Å²) in [7, 11) is 1.52. The highest BCUT2D eigenvalue weighted by Crippen LogP contribution is 2.24. The molecule has 1 heterocycles. The molecule has 0 aliphatic carbocycles. The maximum absolute atomic E-state index is 13.5. The second kappa shape index (κ2) is 4.69. The Hall–Kier alpha value is -2.30. The summed E-state index contributed by atoms with van der Waals surface area (Å²) in [6, 6.07) is 9.53. The zero-order valence-corrected chi connectivity index (χ0v) is 9.27. The predicted octanol–water partition coefficient (Wildman–Crippen LogP) is 2.56. The standard InChI is InChI=1S/C12H12FN3O/c1-17-8-5-6-9(13)10(7-8)15-12-4-2-3-11(14)16-12/h2-7H,1H3,(H3,14,15,16). The first-order valence-electron chi connectivity index (χ1n) is 5.02. The first-order valence-corrected chi connectivity index (χ1v) is 5.02. The molecule has 0 aliphatic rings. The van der Waals surface area contributed by atoms with Crippen LogP contribution < -0.4 is 15.8 Å². The van der Waals surface area contributed by atoms with Gasteiger partial charge < -0.3 is 15.8 Å². The minimum Gasteiger partial charge on any atom is -0.497 e. The summed E-state index contributed by atoms with van der Waals surface area (Å²) in [6.07, 6.45) is 0. The number of nitrogens with one attached hydrogen (secondary N) is 1. The fraction of sp³-hybridized carbons (Fsp3) is 0.0833. The van der Waals surface area contributed by atoms with Gasteiger partial charge in [0.25, 0.3) is 0 Å². The second-order valence-corrected chi connectivity index (χ2v) is 3.42. The van der Waals surface area contributed by atoms with Crippen molar-refractivity contribution in [3.05, 3.63) is 42.2 Å². The summed E-state index contributed by atoms with van der Waals surface area (Å²) in [5.41, 5.74) is 5.83. The van der Waals surface area contributed by atoms with E-state index < -0.39 is 0 Å². The summed E-state index contributed by atoms with van der Waals surface area (Å²) >= 11 is 0. The van der Waals surface area contributed by atoms with Crippen molar-refractivity contribution < 1.29 is 9.13 Å². The Morgan fingerprint density at radius 2 is 2.12 bits per heavy atom. The number of benzene rings is 1. The van der Waals surface area contributed by atoms with Crippen LogP contribution in [0.25, 0.3) is 0 Å². The molecule has 0 unspecified atom stereocenters. The predicted molar refractivity (Wildman–Crippen MR) is 64.9 cm³/mol. The molecule has 0 aliphatic heterocycles. The Morgan fingerprint density at radius 3 is 2.82 bits per heavy atom. The van der Waals surface area contributed by atoms with Crippen molar-refractivity contribution >= 4 is 17.3 Å². The van der Waals surface area contributed by atoms with E-state index in [1.807, 2.05) is 0 Å². The fourth-order valence-corrected chi connectivity index (χ4v) is 1.39. The molecular weight excluding hydrogens is 221 g/mol. The number of ether oxygens (including phenoxy) is 1. The maximum atomic E-state index is 13.5. The van der Waals surface area contributed by atoms with Gasteiger partial charge in [0.1, 0.15) is 23.2 Å². The molecule has 5 heteroatoms. The van der Waals surface area contributed by atoms with Gasteiger partial charge in [0.2, 0.25) is 0 Å². The molecule has 17 heavy (non-hydrogen) atoms. The van der Waals surface area contributed by atoms with E-state index in [0.717, 1.165) is 0 Å². The molecule has 0 atom stereocenters. The van der Waals surface area contributed by atoms with Crippen LogP contribution in [0.4, 0.5) is 21.7 Å². The molecule has 1 aromatic carbocycles. The molecule has 0 amide bonds. The minimum absolute atomic E-state index is 0.294. The Balaban J connectivity index is 2.29. The quantitative estimate of drug-likeness (QED) is 0.855. The summed E-state index contributed by atoms with van der Waals surface area (Å²) in [4.78, 5) is 4.02. The third-order valence-corrected chi connectivity index (χ3v) is 2.21. The summed E-state index contributed by atoms with van der Waals surface area (Å²) < 4.78 is 18.5. The van der Waals surface area contributed by atoms with E-state index >= 15 is 0 Å². The van der Waals surface area contributed by atoms with E-state index in [4.69, 9.17) is 10.5 Å². The lowest BCUT2D eigenvalue weighted by molar-refractivity contribution is 0.414. The molecule has 0 radical (unpaired) electrons. The van der Waals surface area contributed by atoms with Gasteiger partial charge >= 0.3 is 0 Å². The van der Waals surface area contributed by atoms with Crippen LogP contribution in [0, 0.1) is 5.82 Å². The first-order chi connectivity index (χ1) is 8.19. The molecule has 0 fully saturated rings. The molecule has 0 saturated heterocycles. The highest BCUT2D eigenvalue weighted by atomic mass is 19.1. The zero-order chi connectivity index (χ0) is 12.3. The van der Waals surface area contributed by atoms with E-state index in [-0.39, 0.29) is 5.82 Å². The zero-order valence-electron chi connectivity index (χ0n) is 9.27. The molecule has 3 N–H and O–H groups in total. The Kier molecular flexibility index (Phi) is 3.09. The van der Waals surface area contributed by atoms with Gasteiger partial charge in [-0.2, -0.15) is 0 Å². The number of aromatic nitrogens is 1. The van der Waals surface area contributed by atoms with Crippen LogP contribution in [0.2, 0.25) is 0 Å². The van der Waals surface area contributed by atoms with Crippen LogP contribution in [0.1, 0.15) is 0 Å². The largest absolute Gasteiger partial charge is 0.497 e. The molecule has 0 saturated carbocycles. The van der Waals surface area contributed by atoms with Gasteiger partial charge in [-0.05, 0) is 24.3 Å². The molecule has 0 spiro atoms. The van der Waals surface area contributed by atoms with Gasteiger partial charge in [0, 0.05) is 6.07 Å². The number of pyridine rings is 1. The van der Waals surface area contributed by atoms with Gasteiger partial charge in [0.15, 0.2) is 0 Å². The number of halogens is 1. The minimum atomic E-state index is -0.380. The van der Waals surface area contributed by atoms with Crippen molar-refractivity contribution in [1.82, 2.24) is 4.98 Å². The van der Waals surface area contributed by atoms with Gasteiger partial charge in [0.05, 0.1) is 12.8 Å². The van der Waals surface area contributed by atoms with Crippen LogP contribution in [-0.2, 0) is 0 Å². The fourth-order valence-electron chi connectivity index (χ4n) is 1.39. The Labute approximate surface area is 98.2 Å². The third kappa shape index (κ3) is 2.63. The Morgan fingerprint density at radius 1 is 1.29 bits per heavy atom. The molecule has 1 aromatic heterocycles. The lowest BCUT2D eigenvalue weighted by Gasteiger charge is -2.08. The third-order valence-electron chi connectivity index (χ3n) is 2.21. The number of nitrogens with two attached hydrogens (primary N) is 1. The van der Waals surface area contributed by atoms with Crippen LogP contribution >= 0.6 is 0 Å². The van der Waals surface area contributed by atoms with Gasteiger partial charge in [-0.3, -0.25) is 0 Å². The highest BCUT2D eigenvalue weighted by Gasteiger charge is 2.05. The number of nitrogens with zero attached hydrogens (tertiary/aromatic N) is 1. The van der Waals surface area contributed by atoms with Crippen LogP contribution in [0.3, 0.4) is 0 Å². The molecule has 88 valence electrons. The van der Waals surface area contributed by atoms with Crippen molar-refractivity contribution in [3.8, 4) is 5.75 Å². The SMILES string of the molecule is COc1ccc(F)c(Nc2cccc(N)n2)c1. The van der Waals surface area contributed by atoms with Gasteiger partial charge in [-0.25, -0.2) is 9.37 Å². The average Bonchev–Trinajstić information content (AvgIpc) is 2.32.